The summed E-state index contributed by atoms with van der Waals surface area (Å²) in [6.45, 7) is 9.97. The molecule has 0 spiro atoms. The molecule has 0 aliphatic heterocycles. The topological polar surface area (TPSA) is 104 Å². The molecule has 0 saturated carbocycles. The van der Waals surface area contributed by atoms with Crippen molar-refractivity contribution in [1.29, 1.82) is 0 Å². The van der Waals surface area contributed by atoms with E-state index in [0.717, 1.165) is 0 Å². The number of rotatable bonds is 2. The second-order valence-corrected chi connectivity index (χ2v) is 1.86. The minimum atomic E-state index is -0.968. The van der Waals surface area contributed by atoms with Gasteiger partial charge in [-0.3, -0.25) is 4.79 Å². The fourth-order valence-corrected chi connectivity index (χ4v) is 0. The van der Waals surface area contributed by atoms with E-state index in [-0.39, 0.29) is 19.8 Å². The summed E-state index contributed by atoms with van der Waals surface area (Å²) in [7, 11) is 0. The number of carboxylic acids is 1. The van der Waals surface area contributed by atoms with Crippen molar-refractivity contribution in [3.05, 3.63) is 25.3 Å². The summed E-state index contributed by atoms with van der Waals surface area (Å²) in [6, 6.07) is 0. The van der Waals surface area contributed by atoms with E-state index in [1.54, 1.807) is 12.2 Å². The van der Waals surface area contributed by atoms with Gasteiger partial charge in [0, 0.05) is 0 Å². The van der Waals surface area contributed by atoms with Gasteiger partial charge in [-0.25, -0.2) is 0 Å². The zero-order valence-corrected chi connectivity index (χ0v) is 9.52. The molecule has 15 heavy (non-hydrogen) atoms. The third-order valence-corrected chi connectivity index (χ3v) is 0.275. The van der Waals surface area contributed by atoms with E-state index in [0.29, 0.717) is 0 Å². The van der Waals surface area contributed by atoms with Gasteiger partial charge in [0.25, 0.3) is 0 Å². The van der Waals surface area contributed by atoms with Crippen molar-refractivity contribution < 1.29 is 20.1 Å². The van der Waals surface area contributed by atoms with Crippen molar-refractivity contribution in [2.75, 3.05) is 19.8 Å². The van der Waals surface area contributed by atoms with Crippen LogP contribution in [0.15, 0.2) is 25.3 Å². The number of carboxylic acid groups (broad SMARTS) is 1. The Labute approximate surface area is 91.5 Å². The molecule has 0 heterocycles. The van der Waals surface area contributed by atoms with Crippen molar-refractivity contribution in [1.82, 2.24) is 0 Å². The molecule has 5 N–H and O–H groups in total. The summed E-state index contributed by atoms with van der Waals surface area (Å²) in [5.41, 5.74) is 4.57. The lowest BCUT2D eigenvalue weighted by atomic mass is 10.7. The molecule has 0 aliphatic rings. The average Bonchev–Trinajstić information content (AvgIpc) is 2.20. The summed E-state index contributed by atoms with van der Waals surface area (Å²) in [4.78, 5) is 9.24. The fraction of sp³-hybridized carbons (Fsp3) is 0.500. The second-order valence-electron chi connectivity index (χ2n) is 1.86. The zero-order chi connectivity index (χ0) is 13.1. The summed E-state index contributed by atoms with van der Waals surface area (Å²) >= 11 is 0. The number of allylic oxidation sites excluding steroid dienone is 2. The molecule has 0 saturated heterocycles. The molecule has 0 unspecified atom stereocenters. The van der Waals surface area contributed by atoms with Crippen LogP contribution in [0.2, 0.25) is 0 Å². The molecule has 92 valence electrons. The molecular formula is C10H23NO4. The lowest BCUT2D eigenvalue weighted by Gasteiger charge is -1.73. The Balaban J connectivity index is -0.0000000553. The smallest absolute Gasteiger partial charge is 0.317 e. The molecule has 0 amide bonds. The highest BCUT2D eigenvalue weighted by Gasteiger charge is 1.81. The summed E-state index contributed by atoms with van der Waals surface area (Å²) in [5.74, 6) is -0.968. The largest absolute Gasteiger partial charge is 0.480 e. The van der Waals surface area contributed by atoms with Crippen LogP contribution in [0.25, 0.3) is 0 Å². The van der Waals surface area contributed by atoms with Gasteiger partial charge < -0.3 is 21.1 Å². The van der Waals surface area contributed by atoms with Gasteiger partial charge >= 0.3 is 5.97 Å². The van der Waals surface area contributed by atoms with Gasteiger partial charge in [0.05, 0.1) is 19.8 Å². The normalized spacial score (nSPS) is 6.20. The van der Waals surface area contributed by atoms with Crippen LogP contribution in [0.4, 0.5) is 0 Å². The molecule has 0 aromatic carbocycles. The first kappa shape index (κ1) is 23.6. The van der Waals surface area contributed by atoms with Gasteiger partial charge in [-0.1, -0.05) is 12.2 Å². The van der Waals surface area contributed by atoms with Gasteiger partial charge in [-0.05, 0) is 13.8 Å². The first-order valence-corrected chi connectivity index (χ1v) is 4.29. The van der Waals surface area contributed by atoms with Crippen LogP contribution in [0, 0.1) is 0 Å². The van der Waals surface area contributed by atoms with E-state index >= 15 is 0 Å². The highest BCUT2D eigenvalue weighted by molar-refractivity contribution is 5.68. The molecule has 0 aliphatic carbocycles. The van der Waals surface area contributed by atoms with E-state index < -0.39 is 5.97 Å². The lowest BCUT2D eigenvalue weighted by molar-refractivity contribution is -0.135. The van der Waals surface area contributed by atoms with Crippen molar-refractivity contribution in [2.24, 2.45) is 5.73 Å². The minimum Gasteiger partial charge on any atom is -0.480 e. The SMILES string of the molecule is C=CC.C=CC.NCC(=O)O.OCCO. The monoisotopic (exact) mass is 221 g/mol. The number of carbonyl (C=O) groups is 1. The Morgan fingerprint density at radius 3 is 1.33 bits per heavy atom. The van der Waals surface area contributed by atoms with Crippen LogP contribution in [-0.4, -0.2) is 41.0 Å². The van der Waals surface area contributed by atoms with Gasteiger partial charge in [0.1, 0.15) is 0 Å². The summed E-state index contributed by atoms with van der Waals surface area (Å²) in [5, 5.41) is 22.8. The van der Waals surface area contributed by atoms with E-state index in [2.05, 4.69) is 18.9 Å². The maximum atomic E-state index is 9.24. The lowest BCUT2D eigenvalue weighted by Crippen LogP contribution is -2.10. The highest BCUT2D eigenvalue weighted by Crippen LogP contribution is 1.43. The van der Waals surface area contributed by atoms with Crippen molar-refractivity contribution >= 4 is 5.97 Å². The van der Waals surface area contributed by atoms with Gasteiger partial charge in [-0.15, -0.1) is 13.2 Å². The number of aliphatic carboxylic acids is 1. The van der Waals surface area contributed by atoms with Crippen LogP contribution >= 0.6 is 0 Å². The third kappa shape index (κ3) is 449. The third-order valence-electron chi connectivity index (χ3n) is 0.275. The Kier molecular flexibility index (Phi) is 60.5. The van der Waals surface area contributed by atoms with Crippen molar-refractivity contribution in [3.8, 4) is 0 Å². The van der Waals surface area contributed by atoms with E-state index in [9.17, 15) is 4.79 Å². The molecular weight excluding hydrogens is 198 g/mol. The summed E-state index contributed by atoms with van der Waals surface area (Å²) in [6.07, 6.45) is 3.50. The van der Waals surface area contributed by atoms with E-state index in [1.165, 1.54) is 0 Å². The molecule has 0 radical (unpaired) electrons. The Morgan fingerprint density at radius 2 is 1.33 bits per heavy atom. The average molecular weight is 221 g/mol. The molecule has 0 aromatic heterocycles. The summed E-state index contributed by atoms with van der Waals surface area (Å²) < 4.78 is 0. The number of nitrogens with two attached hydrogens (primary N) is 1. The minimum absolute atomic E-state index is 0.125. The highest BCUT2D eigenvalue weighted by atomic mass is 16.4. The van der Waals surface area contributed by atoms with Crippen molar-refractivity contribution in [2.45, 2.75) is 13.8 Å². The molecule has 0 aromatic rings. The molecule has 0 atom stereocenters. The second kappa shape index (κ2) is 38.5. The maximum absolute atomic E-state index is 9.24. The van der Waals surface area contributed by atoms with Crippen molar-refractivity contribution in [3.63, 3.8) is 0 Å². The van der Waals surface area contributed by atoms with E-state index in [4.69, 9.17) is 15.3 Å². The van der Waals surface area contributed by atoms with Crippen LogP contribution < -0.4 is 5.73 Å². The van der Waals surface area contributed by atoms with Crippen LogP contribution in [0.3, 0.4) is 0 Å². The number of aliphatic hydroxyl groups is 2. The van der Waals surface area contributed by atoms with Crippen LogP contribution in [0.5, 0.6) is 0 Å². The first-order chi connectivity index (χ1) is 7.01. The molecule has 0 bridgehead atoms. The van der Waals surface area contributed by atoms with Gasteiger partial charge in [0.2, 0.25) is 0 Å². The Morgan fingerprint density at radius 1 is 1.20 bits per heavy atom. The molecule has 0 fully saturated rings. The van der Waals surface area contributed by atoms with Gasteiger partial charge in [-0.2, -0.15) is 0 Å². The van der Waals surface area contributed by atoms with Crippen LogP contribution in [-0.2, 0) is 4.79 Å². The van der Waals surface area contributed by atoms with Crippen LogP contribution in [0.1, 0.15) is 13.8 Å². The maximum Gasteiger partial charge on any atom is 0.317 e. The number of hydrogen-bond donors (Lipinski definition) is 4. The number of aliphatic hydroxyl groups excluding tert-OH is 2. The predicted octanol–water partition coefficient (Wildman–Crippen LogP) is 0.385. The van der Waals surface area contributed by atoms with Gasteiger partial charge in [0.15, 0.2) is 0 Å². The standard InChI is InChI=1S/2C3H6.C2H5NO2.C2H6O2/c2*1-3-2;3-1-2(4)5;3-1-2-4/h2*3H,1H2,2H3;1,3H2,(H,4,5);3-4H,1-2H2. The molecule has 0 rings (SSSR count). The Bertz CT molecular complexity index is 119. The Hall–Kier alpha value is -1.17. The fourth-order valence-electron chi connectivity index (χ4n) is 0. The number of hydrogen-bond acceptors (Lipinski definition) is 4. The first-order valence-electron chi connectivity index (χ1n) is 4.29. The molecule has 5 heteroatoms. The zero-order valence-electron chi connectivity index (χ0n) is 9.52. The van der Waals surface area contributed by atoms with E-state index in [1.807, 2.05) is 13.8 Å². The predicted molar refractivity (Wildman–Crippen MR) is 62.6 cm³/mol. The quantitative estimate of drug-likeness (QED) is 0.505. The molecule has 5 nitrogen and oxygen atoms in total.